The molecule has 18 nitrogen and oxygen atoms in total. The van der Waals surface area contributed by atoms with Crippen LogP contribution in [0.5, 0.6) is 0 Å². The van der Waals surface area contributed by atoms with Crippen LogP contribution in [-0.2, 0) is 71.3 Å². The minimum Gasteiger partial charge on any atom is -0.465 e. The number of morpholine rings is 1. The molecule has 0 saturated carbocycles. The van der Waals surface area contributed by atoms with Crippen LogP contribution in [-0.4, -0.2) is 164 Å². The van der Waals surface area contributed by atoms with Gasteiger partial charge in [0.25, 0.3) is 5.79 Å². The molecule has 3 aliphatic rings. The number of esters is 3. The quantitative estimate of drug-likeness (QED) is 0.0554. The van der Waals surface area contributed by atoms with Crippen molar-refractivity contribution < 1.29 is 76.4 Å². The van der Waals surface area contributed by atoms with E-state index in [2.05, 4.69) is 5.32 Å². The number of methoxy groups -OCH3 is 2. The Balaban J connectivity index is 2.39. The normalized spacial score (nSPS) is 32.2. The molecule has 2 N–H and O–H groups in total. The summed E-state index contributed by atoms with van der Waals surface area (Å²) in [6.45, 7) is 11.0. The van der Waals surface area contributed by atoms with E-state index in [1.807, 2.05) is 43.4 Å². The van der Waals surface area contributed by atoms with Crippen LogP contribution in [0.4, 0.5) is 0 Å². The van der Waals surface area contributed by atoms with Crippen molar-refractivity contribution in [1.29, 1.82) is 0 Å². The summed E-state index contributed by atoms with van der Waals surface area (Å²) in [6.07, 6.45) is -4.21. The number of aliphatic hydroxyl groups excluding tert-OH is 1. The van der Waals surface area contributed by atoms with Gasteiger partial charge in [-0.15, -0.1) is 0 Å². The van der Waals surface area contributed by atoms with E-state index in [1.165, 1.54) is 32.8 Å². The molecular weight excluding hydrogens is 867 g/mol. The molecule has 2 amide bonds. The lowest BCUT2D eigenvalue weighted by Crippen LogP contribution is -2.86. The summed E-state index contributed by atoms with van der Waals surface area (Å²) in [5, 5.41) is 15.1. The van der Waals surface area contributed by atoms with E-state index in [1.54, 1.807) is 0 Å². The minimum atomic E-state index is -2.65. The van der Waals surface area contributed by atoms with Gasteiger partial charge in [-0.05, 0) is 19.3 Å². The summed E-state index contributed by atoms with van der Waals surface area (Å²) in [5.74, 6) is -6.34. The number of carbonyl (C=O) groups is 5. The van der Waals surface area contributed by atoms with E-state index in [4.69, 9.17) is 47.4 Å². The second kappa shape index (κ2) is 22.9. The fourth-order valence-corrected chi connectivity index (χ4v) is 8.45. The number of hydrogen-bond acceptors (Lipinski definition) is 16. The van der Waals surface area contributed by atoms with Crippen molar-refractivity contribution >= 4 is 52.3 Å². The second-order valence-electron chi connectivity index (χ2n) is 14.5. The fraction of sp³-hybridized carbons (Fsp3) is 0.868. The highest BCUT2D eigenvalue weighted by Gasteiger charge is 2.75. The third-order valence-corrected chi connectivity index (χ3v) is 11.6. The number of rotatable bonds is 21. The Hall–Kier alpha value is -2.24. The van der Waals surface area contributed by atoms with E-state index in [-0.39, 0.29) is 26.4 Å². The predicted octanol–water partition coefficient (Wildman–Crippen LogP) is 1.96. The summed E-state index contributed by atoms with van der Waals surface area (Å²) in [6, 6.07) is -2.96. The molecule has 328 valence electrons. The third-order valence-electron chi connectivity index (χ3n) is 10.1. The molecule has 0 aliphatic carbocycles. The third kappa shape index (κ3) is 11.7. The van der Waals surface area contributed by atoms with Gasteiger partial charge in [-0.2, -0.15) is 0 Å². The van der Waals surface area contributed by atoms with Crippen molar-refractivity contribution in [2.45, 2.75) is 157 Å². The van der Waals surface area contributed by atoms with Crippen molar-refractivity contribution in [2.75, 3.05) is 53.8 Å². The summed E-state index contributed by atoms with van der Waals surface area (Å²) in [7, 11) is 2.53. The number of unbranched alkanes of at least 4 members (excludes halogenated alkanes) is 3. The van der Waals surface area contributed by atoms with E-state index < -0.39 is 107 Å². The molecular formula is C38H63IN2O16. The van der Waals surface area contributed by atoms with Crippen LogP contribution in [0.25, 0.3) is 0 Å². The van der Waals surface area contributed by atoms with Gasteiger partial charge in [0.05, 0.1) is 36.3 Å². The van der Waals surface area contributed by atoms with Crippen molar-refractivity contribution in [3.05, 3.63) is 0 Å². The van der Waals surface area contributed by atoms with E-state index in [0.29, 0.717) is 19.4 Å². The van der Waals surface area contributed by atoms with Crippen molar-refractivity contribution in [2.24, 2.45) is 0 Å². The van der Waals surface area contributed by atoms with Gasteiger partial charge >= 0.3 is 17.9 Å². The number of alkyl halides is 1. The zero-order valence-corrected chi connectivity index (χ0v) is 36.8. The number of nitrogens with one attached hydrogen (secondary N) is 1. The lowest BCUT2D eigenvalue weighted by atomic mass is 9.76. The van der Waals surface area contributed by atoms with Crippen LogP contribution >= 0.6 is 22.6 Å². The van der Waals surface area contributed by atoms with E-state index in [9.17, 15) is 29.1 Å². The predicted molar refractivity (Wildman–Crippen MR) is 209 cm³/mol. The molecule has 3 heterocycles. The Labute approximate surface area is 349 Å². The molecule has 19 heteroatoms. The van der Waals surface area contributed by atoms with Crippen molar-refractivity contribution in [1.82, 2.24) is 10.2 Å². The lowest BCUT2D eigenvalue weighted by molar-refractivity contribution is -0.433. The average molecular weight is 931 g/mol. The first kappa shape index (κ1) is 49.1. The van der Waals surface area contributed by atoms with Crippen molar-refractivity contribution in [3.8, 4) is 0 Å². The number of aliphatic hydroxyl groups is 1. The molecule has 3 saturated heterocycles. The van der Waals surface area contributed by atoms with Gasteiger partial charge in [-0.1, -0.05) is 62.6 Å². The van der Waals surface area contributed by atoms with Gasteiger partial charge in [-0.25, -0.2) is 4.79 Å². The van der Waals surface area contributed by atoms with Gasteiger partial charge in [0.1, 0.15) is 42.7 Å². The number of amides is 2. The lowest BCUT2D eigenvalue weighted by Gasteiger charge is -2.64. The molecule has 3 aliphatic heterocycles. The molecule has 0 radical (unpaired) electrons. The van der Waals surface area contributed by atoms with Crippen LogP contribution < -0.4 is 5.32 Å². The maximum absolute atomic E-state index is 14.6. The number of hydrogen-bond donors (Lipinski definition) is 2. The Bertz CT molecular complexity index is 1340. The zero-order valence-electron chi connectivity index (χ0n) is 34.7. The molecule has 6 unspecified atom stereocenters. The first-order valence-corrected chi connectivity index (χ1v) is 21.0. The van der Waals surface area contributed by atoms with Gasteiger partial charge in [0.15, 0.2) is 12.4 Å². The Morgan fingerprint density at radius 3 is 2.05 bits per heavy atom. The second-order valence-corrected chi connectivity index (χ2v) is 15.9. The first-order chi connectivity index (χ1) is 27.1. The number of ether oxygens (including phenoxy) is 10. The van der Waals surface area contributed by atoms with E-state index in [0.717, 1.165) is 39.7 Å². The molecule has 0 aromatic carbocycles. The van der Waals surface area contributed by atoms with Gasteiger partial charge < -0.3 is 62.7 Å². The highest BCUT2D eigenvalue weighted by molar-refractivity contribution is 14.1. The molecule has 1 spiro atoms. The largest absolute Gasteiger partial charge is 0.465 e. The number of nitrogens with zero attached hydrogens (tertiary/aromatic N) is 1. The average Bonchev–Trinajstić information content (AvgIpc) is 3.16. The molecule has 12 atom stereocenters. The summed E-state index contributed by atoms with van der Waals surface area (Å²) in [5.41, 5.74) is -1.82. The van der Waals surface area contributed by atoms with Gasteiger partial charge in [0.2, 0.25) is 11.8 Å². The summed E-state index contributed by atoms with van der Waals surface area (Å²) >= 11 is 1.88. The molecule has 0 aromatic heterocycles. The van der Waals surface area contributed by atoms with E-state index >= 15 is 0 Å². The number of fused-ring (bicyclic) bond motifs is 1. The van der Waals surface area contributed by atoms with Gasteiger partial charge in [0, 0.05) is 54.6 Å². The Morgan fingerprint density at radius 2 is 1.53 bits per heavy atom. The number of halogens is 1. The number of carbonyl (C=O) groups excluding carboxylic acids is 5. The van der Waals surface area contributed by atoms with Crippen LogP contribution in [0.3, 0.4) is 0 Å². The van der Waals surface area contributed by atoms with Crippen molar-refractivity contribution in [3.63, 3.8) is 0 Å². The van der Waals surface area contributed by atoms with Crippen LogP contribution in [0.15, 0.2) is 0 Å². The maximum atomic E-state index is 14.6. The molecule has 57 heavy (non-hydrogen) atoms. The fourth-order valence-electron chi connectivity index (χ4n) is 7.50. The summed E-state index contributed by atoms with van der Waals surface area (Å²) < 4.78 is 60.8. The highest BCUT2D eigenvalue weighted by Crippen LogP contribution is 2.50. The highest BCUT2D eigenvalue weighted by atomic mass is 127. The SMILES string of the molecule is CCCCOCC1O[C@@H](OC)C(OCCCC)[C@]2(CN(C(C)=O)[C@H]3C(O)[C@@H](NC(C)=O)C(C(I)C(COC(C)=O)OC(C)=O)O[C@]3(C(=O)OC)O2)[C@H]1OCCCC. The maximum Gasteiger partial charge on any atom is 0.369 e. The topological polar surface area (TPSA) is 213 Å². The Morgan fingerprint density at radius 1 is 0.912 bits per heavy atom. The van der Waals surface area contributed by atoms with Crippen LogP contribution in [0, 0.1) is 0 Å². The summed E-state index contributed by atoms with van der Waals surface area (Å²) in [4.78, 5) is 66.8. The van der Waals surface area contributed by atoms with Crippen LogP contribution in [0.1, 0.15) is 87.0 Å². The minimum absolute atomic E-state index is 0.0188. The molecule has 0 aromatic rings. The van der Waals surface area contributed by atoms with Crippen LogP contribution in [0.2, 0.25) is 0 Å². The monoisotopic (exact) mass is 930 g/mol. The Kier molecular flexibility index (Phi) is 19.8. The molecule has 3 fully saturated rings. The first-order valence-electron chi connectivity index (χ1n) is 19.7. The smallest absolute Gasteiger partial charge is 0.369 e. The standard InChI is InChI=1S/C38H63IN2O16/c1-10-13-16-50-19-27-33(51-17-14-11-2)37(34(35(48-8)55-27)52-18-15-12-3)21-41(23(5)43)32-30(46)29(40-22(4)42)31(56-38(32,57-37)36(47)49-9)28(39)26(54-25(7)45)20-53-24(6)44/h26-35,46H,10-21H2,1-9H3,(H,40,42)/t26?,27?,28?,29-,30?,31?,32+,33+,34?,35-,37+,38+/m1/s1. The van der Waals surface area contributed by atoms with Gasteiger partial charge in [-0.3, -0.25) is 19.2 Å². The molecule has 3 rings (SSSR count). The molecule has 0 bridgehead atoms. The zero-order chi connectivity index (χ0) is 42.5.